The van der Waals surface area contributed by atoms with Crippen molar-refractivity contribution in [1.29, 1.82) is 0 Å². The summed E-state index contributed by atoms with van der Waals surface area (Å²) in [5.41, 5.74) is 7.08. The fraction of sp³-hybridized carbons (Fsp3) is 0.300. The van der Waals surface area contributed by atoms with Gasteiger partial charge in [-0.05, 0) is 85.9 Å². The highest BCUT2D eigenvalue weighted by molar-refractivity contribution is 6.00. The fourth-order valence-electron chi connectivity index (χ4n) is 5.66. The van der Waals surface area contributed by atoms with Crippen molar-refractivity contribution in [3.05, 3.63) is 66.4 Å². The molecule has 6 heterocycles. The van der Waals surface area contributed by atoms with Gasteiger partial charge in [0, 0.05) is 36.1 Å². The number of halogens is 1. The number of ether oxygens (including phenoxy) is 1. The van der Waals surface area contributed by atoms with Crippen LogP contribution in [0, 0.1) is 5.82 Å². The SMILES string of the molecule is Fc1cc(OCCN2CCCC2)cc(-c2ccnc3[nH]c(-c4n[nH]c5cnc(C6=CCNCC6)cc45)cc23)c1. The van der Waals surface area contributed by atoms with Gasteiger partial charge in [0.05, 0.1) is 23.1 Å². The average Bonchev–Trinajstić information content (AvgIpc) is 3.72. The molecule has 39 heavy (non-hydrogen) atoms. The molecule has 4 aromatic heterocycles. The standard InChI is InChI=1S/C30H30FN7O/c31-21-13-20(14-22(15-21)39-12-11-38-9-1-2-10-38)23-5-8-33-30-24(23)16-27(35-30)29-25-17-26(19-3-6-32-7-4-19)34-18-28(25)36-37-29/h3,5,8,13-18,32H,1-2,4,6-7,9-12H2,(H,33,35)(H,36,37). The Labute approximate surface area is 225 Å². The molecule has 5 aromatic rings. The Balaban J connectivity index is 1.22. The van der Waals surface area contributed by atoms with Gasteiger partial charge in [-0.25, -0.2) is 9.37 Å². The number of aromatic nitrogens is 5. The van der Waals surface area contributed by atoms with Crippen molar-refractivity contribution in [1.82, 2.24) is 35.4 Å². The Morgan fingerprint density at radius 2 is 1.95 bits per heavy atom. The van der Waals surface area contributed by atoms with Gasteiger partial charge in [0.2, 0.25) is 0 Å². The van der Waals surface area contributed by atoms with Gasteiger partial charge in [0.1, 0.15) is 29.5 Å². The summed E-state index contributed by atoms with van der Waals surface area (Å²) >= 11 is 0. The summed E-state index contributed by atoms with van der Waals surface area (Å²) in [7, 11) is 0. The molecule has 2 aliphatic heterocycles. The second kappa shape index (κ2) is 10.2. The van der Waals surface area contributed by atoms with E-state index in [4.69, 9.17) is 4.74 Å². The maximum Gasteiger partial charge on any atom is 0.138 e. The highest BCUT2D eigenvalue weighted by Gasteiger charge is 2.17. The second-order valence-corrected chi connectivity index (χ2v) is 10.2. The zero-order chi connectivity index (χ0) is 26.2. The number of rotatable bonds is 7. The molecule has 0 radical (unpaired) electrons. The third kappa shape index (κ3) is 4.79. The van der Waals surface area contributed by atoms with Gasteiger partial charge in [-0.1, -0.05) is 6.08 Å². The summed E-state index contributed by atoms with van der Waals surface area (Å²) < 4.78 is 20.7. The maximum atomic E-state index is 14.7. The third-order valence-corrected chi connectivity index (χ3v) is 7.68. The minimum Gasteiger partial charge on any atom is -0.492 e. The molecule has 7 rings (SSSR count). The van der Waals surface area contributed by atoms with Crippen LogP contribution in [-0.4, -0.2) is 69.4 Å². The molecule has 8 nitrogen and oxygen atoms in total. The normalized spacial score (nSPS) is 16.3. The van der Waals surface area contributed by atoms with E-state index in [1.807, 2.05) is 24.4 Å². The quantitative estimate of drug-likeness (QED) is 0.273. The van der Waals surface area contributed by atoms with Gasteiger partial charge < -0.3 is 15.0 Å². The lowest BCUT2D eigenvalue weighted by atomic mass is 10.0. The van der Waals surface area contributed by atoms with Crippen LogP contribution in [0.4, 0.5) is 4.39 Å². The lowest BCUT2D eigenvalue weighted by Crippen LogP contribution is -2.25. The Bertz CT molecular complexity index is 1680. The van der Waals surface area contributed by atoms with Gasteiger partial charge in [-0.3, -0.25) is 15.0 Å². The summed E-state index contributed by atoms with van der Waals surface area (Å²) in [4.78, 5) is 15.0. The first kappa shape index (κ1) is 24.0. The molecule has 0 amide bonds. The molecule has 0 saturated carbocycles. The molecular formula is C30H30FN7O. The van der Waals surface area contributed by atoms with E-state index in [0.717, 1.165) is 89.3 Å². The van der Waals surface area contributed by atoms with Gasteiger partial charge in [-0.15, -0.1) is 0 Å². The molecule has 2 aliphatic rings. The fourth-order valence-corrected chi connectivity index (χ4v) is 5.66. The minimum absolute atomic E-state index is 0.324. The Hall–Kier alpha value is -4.08. The number of likely N-dealkylation sites (tertiary alicyclic amines) is 1. The van der Waals surface area contributed by atoms with Crippen LogP contribution < -0.4 is 10.1 Å². The molecule has 1 fully saturated rings. The maximum absolute atomic E-state index is 14.7. The molecule has 1 aromatic carbocycles. The smallest absolute Gasteiger partial charge is 0.138 e. The number of fused-ring (bicyclic) bond motifs is 2. The Kier molecular flexibility index (Phi) is 6.30. The van der Waals surface area contributed by atoms with Gasteiger partial charge in [-0.2, -0.15) is 5.10 Å². The van der Waals surface area contributed by atoms with Crippen LogP contribution in [0.5, 0.6) is 5.75 Å². The van der Waals surface area contributed by atoms with Gasteiger partial charge in [0.25, 0.3) is 0 Å². The molecule has 9 heteroatoms. The Morgan fingerprint density at radius 1 is 1.03 bits per heavy atom. The third-order valence-electron chi connectivity index (χ3n) is 7.68. The van der Waals surface area contributed by atoms with E-state index < -0.39 is 0 Å². The molecule has 1 saturated heterocycles. The summed E-state index contributed by atoms with van der Waals surface area (Å²) in [5.74, 6) is 0.213. The van der Waals surface area contributed by atoms with Crippen LogP contribution in [-0.2, 0) is 0 Å². The minimum atomic E-state index is -0.324. The van der Waals surface area contributed by atoms with E-state index in [2.05, 4.69) is 47.5 Å². The highest BCUT2D eigenvalue weighted by atomic mass is 19.1. The lowest BCUT2D eigenvalue weighted by Gasteiger charge is -2.15. The van der Waals surface area contributed by atoms with Crippen LogP contribution in [0.2, 0.25) is 0 Å². The van der Waals surface area contributed by atoms with Crippen LogP contribution >= 0.6 is 0 Å². The number of nitrogens with one attached hydrogen (secondary N) is 3. The monoisotopic (exact) mass is 523 g/mol. The first-order valence-corrected chi connectivity index (χ1v) is 13.6. The molecule has 0 aliphatic carbocycles. The lowest BCUT2D eigenvalue weighted by molar-refractivity contribution is 0.237. The number of pyridine rings is 2. The second-order valence-electron chi connectivity index (χ2n) is 10.2. The van der Waals surface area contributed by atoms with Crippen LogP contribution in [0.1, 0.15) is 25.0 Å². The molecule has 0 atom stereocenters. The number of benzene rings is 1. The Morgan fingerprint density at radius 3 is 2.82 bits per heavy atom. The zero-order valence-corrected chi connectivity index (χ0v) is 21.6. The van der Waals surface area contributed by atoms with E-state index in [-0.39, 0.29) is 5.82 Å². The highest BCUT2D eigenvalue weighted by Crippen LogP contribution is 2.35. The van der Waals surface area contributed by atoms with E-state index in [1.165, 1.54) is 24.5 Å². The molecule has 198 valence electrons. The first-order chi connectivity index (χ1) is 19.2. The first-order valence-electron chi connectivity index (χ1n) is 13.6. The van der Waals surface area contributed by atoms with E-state index in [0.29, 0.717) is 12.4 Å². The molecular weight excluding hydrogens is 493 g/mol. The van der Waals surface area contributed by atoms with Crippen molar-refractivity contribution in [3.63, 3.8) is 0 Å². The van der Waals surface area contributed by atoms with Crippen LogP contribution in [0.25, 0.3) is 50.0 Å². The average molecular weight is 524 g/mol. The summed E-state index contributed by atoms with van der Waals surface area (Å²) in [5, 5.41) is 12.9. The van der Waals surface area contributed by atoms with Crippen LogP contribution in [0.15, 0.2) is 54.9 Å². The number of hydrogen-bond donors (Lipinski definition) is 3. The van der Waals surface area contributed by atoms with Crippen molar-refractivity contribution >= 4 is 27.5 Å². The van der Waals surface area contributed by atoms with Crippen molar-refractivity contribution in [3.8, 4) is 28.3 Å². The number of hydrogen-bond acceptors (Lipinski definition) is 6. The molecule has 0 spiro atoms. The van der Waals surface area contributed by atoms with E-state index >= 15 is 0 Å². The summed E-state index contributed by atoms with van der Waals surface area (Å²) in [6.07, 6.45) is 9.20. The van der Waals surface area contributed by atoms with Crippen molar-refractivity contribution in [2.45, 2.75) is 19.3 Å². The summed E-state index contributed by atoms with van der Waals surface area (Å²) in [6, 6.07) is 11.0. The van der Waals surface area contributed by atoms with Crippen molar-refractivity contribution < 1.29 is 9.13 Å². The van der Waals surface area contributed by atoms with E-state index in [9.17, 15) is 4.39 Å². The molecule has 0 bridgehead atoms. The van der Waals surface area contributed by atoms with Crippen molar-refractivity contribution in [2.24, 2.45) is 0 Å². The largest absolute Gasteiger partial charge is 0.492 e. The van der Waals surface area contributed by atoms with Crippen molar-refractivity contribution in [2.75, 3.05) is 39.3 Å². The number of nitrogens with zero attached hydrogens (tertiary/aromatic N) is 4. The number of H-pyrrole nitrogens is 2. The molecule has 3 N–H and O–H groups in total. The topological polar surface area (TPSA) is 94.8 Å². The van der Waals surface area contributed by atoms with Crippen LogP contribution in [0.3, 0.4) is 0 Å². The number of aromatic amines is 2. The van der Waals surface area contributed by atoms with Gasteiger partial charge >= 0.3 is 0 Å². The predicted molar refractivity (Wildman–Crippen MR) is 151 cm³/mol. The predicted octanol–water partition coefficient (Wildman–Crippen LogP) is 5.16. The molecule has 0 unspecified atom stereocenters. The van der Waals surface area contributed by atoms with E-state index in [1.54, 1.807) is 12.3 Å². The van der Waals surface area contributed by atoms with Gasteiger partial charge in [0.15, 0.2) is 0 Å². The summed E-state index contributed by atoms with van der Waals surface area (Å²) in [6.45, 7) is 5.43. The zero-order valence-electron chi connectivity index (χ0n) is 21.6.